The van der Waals surface area contributed by atoms with Crippen molar-refractivity contribution in [3.05, 3.63) is 36.0 Å². The molecule has 20 nitrogen and oxygen atoms in total. The Kier molecular flexibility index (Phi) is 16.3. The van der Waals surface area contributed by atoms with E-state index in [9.17, 15) is 53.7 Å². The second kappa shape index (κ2) is 20.7. The number of likely N-dealkylation sites (tertiary alicyclic amines) is 2. The van der Waals surface area contributed by atoms with Gasteiger partial charge < -0.3 is 62.8 Å². The largest absolute Gasteiger partial charge is 0.480 e. The molecule has 0 saturated carbocycles. The zero-order valence-electron chi connectivity index (χ0n) is 31.7. The number of aromatic amines is 1. The SMILES string of the molecule is C[C@@H](O)[C@H](NC(=O)[C@@H]1C[C@@H](O)CN1C(=O)[C@@H]1CCCN1C(=O)[C@@H](N)CS)C(=O)N[C@@H](CCC(N)=O)C(=O)N[C@@H](Cc1c[nH]c2ccccc12)C(=O)N[C@@H](CS)C(=O)O. The summed E-state index contributed by atoms with van der Waals surface area (Å²) in [6.07, 6.45) is -1.46. The smallest absolute Gasteiger partial charge is 0.327 e. The molecule has 2 aliphatic heterocycles. The minimum absolute atomic E-state index is 0.0437. The highest BCUT2D eigenvalue weighted by Gasteiger charge is 2.46. The van der Waals surface area contributed by atoms with Crippen LogP contribution in [0.5, 0.6) is 0 Å². The number of aromatic nitrogens is 1. The van der Waals surface area contributed by atoms with E-state index in [4.69, 9.17) is 11.5 Å². The molecule has 3 heterocycles. The lowest BCUT2D eigenvalue weighted by atomic mass is 10.0. The van der Waals surface area contributed by atoms with Gasteiger partial charge in [-0.25, -0.2) is 4.79 Å². The minimum Gasteiger partial charge on any atom is -0.480 e. The fourth-order valence-corrected chi connectivity index (χ4v) is 7.41. The number of aliphatic carboxylic acids is 1. The summed E-state index contributed by atoms with van der Waals surface area (Å²) < 4.78 is 0. The van der Waals surface area contributed by atoms with Crippen LogP contribution in [0, 0.1) is 0 Å². The highest BCUT2D eigenvalue weighted by atomic mass is 32.1. The van der Waals surface area contributed by atoms with Crippen molar-refractivity contribution >= 4 is 83.5 Å². The quantitative estimate of drug-likeness (QED) is 0.0614. The molecule has 0 unspecified atom stereocenters. The Morgan fingerprint density at radius 1 is 0.914 bits per heavy atom. The van der Waals surface area contributed by atoms with E-state index in [1.807, 2.05) is 0 Å². The standard InChI is InChI=1S/C36H51N9O11S2/c1-17(46)29(43-32(51)27-12-19(47)14-45(27)35(54)26-7-4-10-44(26)34(53)21(37)15-57)33(52)40-23(8-9-28(38)48)30(49)41-24(31(50)42-25(16-58)36(55)56)11-18-13-39-22-6-3-2-5-20(18)22/h2-3,5-6,13,17,19,21,23-27,29,39,46-47,57-58H,4,7-12,14-16,37H2,1H3,(H2,38,48)(H,40,52)(H,41,49)(H,42,50)(H,43,51)(H,55,56)/t17-,19-,21+,23+,24+,25+,26+,27+,29+/m1/s1. The molecule has 2 aromatic rings. The number of carbonyl (C=O) groups excluding carboxylic acids is 7. The van der Waals surface area contributed by atoms with Gasteiger partial charge in [-0.3, -0.25) is 33.6 Å². The van der Waals surface area contributed by atoms with Gasteiger partial charge in [0.1, 0.15) is 36.3 Å². The van der Waals surface area contributed by atoms with Gasteiger partial charge in [0, 0.05) is 61.0 Å². The highest BCUT2D eigenvalue weighted by Crippen LogP contribution is 2.26. The molecule has 1 aromatic heterocycles. The van der Waals surface area contributed by atoms with E-state index in [-0.39, 0.29) is 50.3 Å². The van der Waals surface area contributed by atoms with Gasteiger partial charge in [-0.15, -0.1) is 0 Å². The summed E-state index contributed by atoms with van der Waals surface area (Å²) >= 11 is 8.06. The number of H-pyrrole nitrogens is 1. The first kappa shape index (κ1) is 45.8. The highest BCUT2D eigenvalue weighted by molar-refractivity contribution is 7.80. The average Bonchev–Trinajstić information content (AvgIpc) is 3.94. The first-order valence-electron chi connectivity index (χ1n) is 18.7. The molecule has 1 aromatic carbocycles. The van der Waals surface area contributed by atoms with Gasteiger partial charge in [-0.2, -0.15) is 25.3 Å². The number of hydrogen-bond acceptors (Lipinski definition) is 13. The molecular weight excluding hydrogens is 799 g/mol. The summed E-state index contributed by atoms with van der Waals surface area (Å²) in [6.45, 7) is 1.19. The van der Waals surface area contributed by atoms with Gasteiger partial charge in [0.2, 0.25) is 41.4 Å². The van der Waals surface area contributed by atoms with Crippen LogP contribution in [-0.2, 0) is 44.8 Å². The van der Waals surface area contributed by atoms with E-state index in [2.05, 4.69) is 51.5 Å². The van der Waals surface area contributed by atoms with Crippen LogP contribution >= 0.6 is 25.3 Å². The van der Waals surface area contributed by atoms with Crippen LogP contribution in [0.15, 0.2) is 30.5 Å². The number of thiol groups is 2. The van der Waals surface area contributed by atoms with Gasteiger partial charge in [-0.05, 0) is 37.8 Å². The maximum atomic E-state index is 13.9. The summed E-state index contributed by atoms with van der Waals surface area (Å²) in [5.41, 5.74) is 12.5. The molecule has 2 saturated heterocycles. The van der Waals surface area contributed by atoms with Gasteiger partial charge >= 0.3 is 5.97 Å². The fourth-order valence-electron chi connectivity index (χ4n) is 7.01. The van der Waals surface area contributed by atoms with Crippen molar-refractivity contribution in [1.29, 1.82) is 0 Å². The number of rotatable bonds is 19. The number of aliphatic hydroxyl groups excluding tert-OH is 2. The summed E-state index contributed by atoms with van der Waals surface area (Å²) in [5.74, 6) is -7.40. The molecule has 22 heteroatoms. The van der Waals surface area contributed by atoms with Crippen molar-refractivity contribution in [1.82, 2.24) is 36.1 Å². The zero-order valence-corrected chi connectivity index (χ0v) is 33.5. The lowest BCUT2D eigenvalue weighted by Crippen LogP contribution is -2.61. The third-order valence-electron chi connectivity index (χ3n) is 10.1. The predicted molar refractivity (Wildman–Crippen MR) is 214 cm³/mol. The molecule has 2 aliphatic rings. The van der Waals surface area contributed by atoms with Crippen LogP contribution in [0.1, 0.15) is 44.6 Å². The maximum absolute atomic E-state index is 13.9. The van der Waals surface area contributed by atoms with Gasteiger partial charge in [-0.1, -0.05) is 18.2 Å². The van der Waals surface area contributed by atoms with E-state index in [1.165, 1.54) is 11.8 Å². The molecule has 7 amide bonds. The average molecular weight is 850 g/mol. The number of carboxylic acid groups (broad SMARTS) is 1. The van der Waals surface area contributed by atoms with E-state index in [0.29, 0.717) is 12.0 Å². The number of amides is 7. The van der Waals surface area contributed by atoms with Crippen LogP contribution in [0.2, 0.25) is 0 Å². The molecular formula is C36H51N9O11S2. The molecule has 12 N–H and O–H groups in total. The number of carboxylic acids is 1. The summed E-state index contributed by atoms with van der Waals surface area (Å²) in [5, 5.41) is 41.1. The molecule has 0 aliphatic carbocycles. The fraction of sp³-hybridized carbons (Fsp3) is 0.556. The topological polar surface area (TPSA) is 320 Å². The Morgan fingerprint density at radius 3 is 2.21 bits per heavy atom. The number of nitrogens with two attached hydrogens (primary N) is 2. The normalized spacial score (nSPS) is 21.0. The number of carbonyl (C=O) groups is 8. The summed E-state index contributed by atoms with van der Waals surface area (Å²) in [4.78, 5) is 110. The monoisotopic (exact) mass is 849 g/mol. The van der Waals surface area contributed by atoms with Crippen molar-refractivity contribution in [2.75, 3.05) is 24.6 Å². The summed E-state index contributed by atoms with van der Waals surface area (Å²) in [7, 11) is 0. The Labute approximate surface area is 344 Å². The molecule has 0 bridgehead atoms. The van der Waals surface area contributed by atoms with Crippen LogP contribution in [0.3, 0.4) is 0 Å². The molecule has 2 fully saturated rings. The van der Waals surface area contributed by atoms with E-state index >= 15 is 0 Å². The van der Waals surface area contributed by atoms with Gasteiger partial charge in [0.15, 0.2) is 0 Å². The molecule has 0 spiro atoms. The first-order valence-corrected chi connectivity index (χ1v) is 20.0. The number of nitrogens with one attached hydrogen (secondary N) is 5. The van der Waals surface area contributed by atoms with Crippen LogP contribution in [0.25, 0.3) is 10.9 Å². The second-order valence-electron chi connectivity index (χ2n) is 14.4. The van der Waals surface area contributed by atoms with Crippen molar-refractivity contribution in [3.63, 3.8) is 0 Å². The van der Waals surface area contributed by atoms with Crippen LogP contribution in [0.4, 0.5) is 0 Å². The summed E-state index contributed by atoms with van der Waals surface area (Å²) in [6, 6.07) is -2.23. The van der Waals surface area contributed by atoms with Gasteiger partial charge in [0.05, 0.1) is 18.2 Å². The van der Waals surface area contributed by atoms with Gasteiger partial charge in [0.25, 0.3) is 0 Å². The first-order chi connectivity index (χ1) is 27.5. The lowest BCUT2D eigenvalue weighted by molar-refractivity contribution is -0.147. The molecule has 4 rings (SSSR count). The third kappa shape index (κ3) is 11.4. The van der Waals surface area contributed by atoms with Crippen molar-refractivity contribution in [2.45, 2.75) is 99.9 Å². The molecule has 58 heavy (non-hydrogen) atoms. The Hall–Kier alpha value is -4.90. The Morgan fingerprint density at radius 2 is 1.57 bits per heavy atom. The van der Waals surface area contributed by atoms with Crippen LogP contribution < -0.4 is 32.7 Å². The number of hydrogen-bond donors (Lipinski definition) is 12. The number of aliphatic hydroxyl groups is 2. The number of β-amino-alcohol motifs (C(OH)–C–C–N with tert-alkyl or cyclic N) is 1. The Balaban J connectivity index is 1.53. The predicted octanol–water partition coefficient (Wildman–Crippen LogP) is -3.48. The molecule has 318 valence electrons. The van der Waals surface area contributed by atoms with Crippen LogP contribution in [-0.4, -0.2) is 157 Å². The second-order valence-corrected chi connectivity index (χ2v) is 15.1. The number of benzene rings is 1. The Bertz CT molecular complexity index is 1860. The maximum Gasteiger partial charge on any atom is 0.327 e. The van der Waals surface area contributed by atoms with E-state index < -0.39 is 108 Å². The molecule has 0 radical (unpaired) electrons. The number of para-hydroxylation sites is 1. The van der Waals surface area contributed by atoms with Crippen molar-refractivity contribution in [2.24, 2.45) is 11.5 Å². The van der Waals surface area contributed by atoms with Crippen molar-refractivity contribution in [3.8, 4) is 0 Å². The number of nitrogens with zero attached hydrogens (tertiary/aromatic N) is 2. The zero-order chi connectivity index (χ0) is 42.8. The number of fused-ring (bicyclic) bond motifs is 1. The molecule has 9 atom stereocenters. The van der Waals surface area contributed by atoms with Crippen molar-refractivity contribution < 1.29 is 53.7 Å². The van der Waals surface area contributed by atoms with E-state index in [1.54, 1.807) is 30.5 Å². The minimum atomic E-state index is -1.74. The lowest BCUT2D eigenvalue weighted by Gasteiger charge is -2.32. The van der Waals surface area contributed by atoms with E-state index in [0.717, 1.165) is 15.8 Å². The third-order valence-corrected chi connectivity index (χ3v) is 10.9. The number of primary amides is 1.